The van der Waals surface area contributed by atoms with Crippen LogP contribution in [0.1, 0.15) is 18.4 Å². The number of methoxy groups -OCH3 is 1. The molecule has 1 fully saturated rings. The summed E-state index contributed by atoms with van der Waals surface area (Å²) in [6.45, 7) is 2.41. The normalized spacial score (nSPS) is 27.9. The first kappa shape index (κ1) is 15.8. The standard InChI is InChI=1S/C15H19NO4S/c1-4-20-10-15(9-16)13(14(15)21(3,17)18)11-5-7-12(19-2)8-6-11/h5-8,13-14H,4,10H2,1-3H3/t13-,14-,15+/m0/s1. The van der Waals surface area contributed by atoms with Gasteiger partial charge in [0.05, 0.1) is 25.0 Å². The molecule has 1 aromatic rings. The first-order chi connectivity index (χ1) is 9.90. The van der Waals surface area contributed by atoms with Gasteiger partial charge in [0, 0.05) is 18.8 Å². The highest BCUT2D eigenvalue weighted by molar-refractivity contribution is 7.91. The Balaban J connectivity index is 2.37. The quantitative estimate of drug-likeness (QED) is 0.800. The van der Waals surface area contributed by atoms with Gasteiger partial charge in [0.1, 0.15) is 11.2 Å². The van der Waals surface area contributed by atoms with E-state index in [2.05, 4.69) is 6.07 Å². The molecule has 2 rings (SSSR count). The summed E-state index contributed by atoms with van der Waals surface area (Å²) in [5.74, 6) is 0.345. The van der Waals surface area contributed by atoms with Crippen molar-refractivity contribution >= 4 is 9.84 Å². The molecule has 0 aliphatic heterocycles. The van der Waals surface area contributed by atoms with Crippen molar-refractivity contribution in [2.24, 2.45) is 5.41 Å². The van der Waals surface area contributed by atoms with Crippen molar-refractivity contribution < 1.29 is 17.9 Å². The Morgan fingerprint density at radius 1 is 1.33 bits per heavy atom. The van der Waals surface area contributed by atoms with Gasteiger partial charge in [-0.2, -0.15) is 5.26 Å². The molecule has 0 bridgehead atoms. The van der Waals surface area contributed by atoms with Crippen molar-refractivity contribution in [1.29, 1.82) is 5.26 Å². The molecule has 0 spiro atoms. The van der Waals surface area contributed by atoms with Crippen molar-refractivity contribution in [3.63, 3.8) is 0 Å². The Hall–Kier alpha value is -1.58. The van der Waals surface area contributed by atoms with Crippen LogP contribution in [0.15, 0.2) is 24.3 Å². The zero-order valence-corrected chi connectivity index (χ0v) is 13.2. The predicted octanol–water partition coefficient (Wildman–Crippen LogP) is 1.75. The smallest absolute Gasteiger partial charge is 0.152 e. The van der Waals surface area contributed by atoms with Crippen LogP contribution in [0.25, 0.3) is 0 Å². The number of sulfone groups is 1. The van der Waals surface area contributed by atoms with Crippen LogP contribution < -0.4 is 4.74 Å². The van der Waals surface area contributed by atoms with Gasteiger partial charge in [0.25, 0.3) is 0 Å². The molecule has 3 atom stereocenters. The van der Waals surface area contributed by atoms with Gasteiger partial charge in [-0.3, -0.25) is 0 Å². The summed E-state index contributed by atoms with van der Waals surface area (Å²) in [6, 6.07) is 9.36. The molecule has 5 nitrogen and oxygen atoms in total. The second-order valence-corrected chi connectivity index (χ2v) is 7.46. The molecule has 1 aliphatic carbocycles. The minimum Gasteiger partial charge on any atom is -0.497 e. The highest BCUT2D eigenvalue weighted by Crippen LogP contribution is 2.62. The van der Waals surface area contributed by atoms with E-state index in [9.17, 15) is 13.7 Å². The van der Waals surface area contributed by atoms with Crippen molar-refractivity contribution in [3.05, 3.63) is 29.8 Å². The van der Waals surface area contributed by atoms with E-state index in [1.54, 1.807) is 19.2 Å². The molecule has 1 aromatic carbocycles. The van der Waals surface area contributed by atoms with Crippen molar-refractivity contribution in [2.75, 3.05) is 26.6 Å². The zero-order valence-electron chi connectivity index (χ0n) is 12.4. The lowest BCUT2D eigenvalue weighted by atomic mass is 10.0. The lowest BCUT2D eigenvalue weighted by molar-refractivity contribution is 0.117. The van der Waals surface area contributed by atoms with Crippen LogP contribution in [0.3, 0.4) is 0 Å². The molecule has 0 radical (unpaired) electrons. The van der Waals surface area contributed by atoms with Crippen molar-refractivity contribution in [3.8, 4) is 11.8 Å². The summed E-state index contributed by atoms with van der Waals surface area (Å²) < 4.78 is 34.5. The third-order valence-electron chi connectivity index (χ3n) is 3.95. The van der Waals surface area contributed by atoms with Gasteiger partial charge in [-0.25, -0.2) is 8.42 Å². The second-order valence-electron chi connectivity index (χ2n) is 5.29. The third-order valence-corrected chi connectivity index (χ3v) is 5.56. The third kappa shape index (κ3) is 2.76. The van der Waals surface area contributed by atoms with Crippen LogP contribution in [0.5, 0.6) is 5.75 Å². The molecule has 0 N–H and O–H groups in total. The lowest BCUT2D eigenvalue weighted by Gasteiger charge is -2.09. The van der Waals surface area contributed by atoms with Crippen LogP contribution in [-0.2, 0) is 14.6 Å². The Labute approximate surface area is 125 Å². The van der Waals surface area contributed by atoms with Crippen LogP contribution in [0, 0.1) is 16.7 Å². The van der Waals surface area contributed by atoms with Crippen LogP contribution in [0.2, 0.25) is 0 Å². The largest absolute Gasteiger partial charge is 0.497 e. The van der Waals surface area contributed by atoms with Gasteiger partial charge in [0.2, 0.25) is 0 Å². The van der Waals surface area contributed by atoms with Gasteiger partial charge in [-0.05, 0) is 24.6 Å². The Kier molecular flexibility index (Phi) is 4.26. The summed E-state index contributed by atoms with van der Waals surface area (Å²) >= 11 is 0. The number of hydrogen-bond acceptors (Lipinski definition) is 5. The highest BCUT2D eigenvalue weighted by Gasteiger charge is 2.71. The summed E-state index contributed by atoms with van der Waals surface area (Å²) in [5, 5.41) is 8.82. The van der Waals surface area contributed by atoms with E-state index in [-0.39, 0.29) is 12.5 Å². The lowest BCUT2D eigenvalue weighted by Crippen LogP contribution is -2.18. The molecule has 0 aromatic heterocycles. The molecular formula is C15H19NO4S. The number of rotatable bonds is 6. The number of ether oxygens (including phenoxy) is 2. The molecule has 114 valence electrons. The summed E-state index contributed by atoms with van der Waals surface area (Å²) in [7, 11) is -1.76. The molecule has 6 heteroatoms. The van der Waals surface area contributed by atoms with Crippen molar-refractivity contribution in [2.45, 2.75) is 18.1 Å². The van der Waals surface area contributed by atoms with E-state index in [1.807, 2.05) is 19.1 Å². The second kappa shape index (κ2) is 5.66. The molecule has 21 heavy (non-hydrogen) atoms. The van der Waals surface area contributed by atoms with E-state index in [0.717, 1.165) is 5.56 Å². The number of hydrogen-bond donors (Lipinski definition) is 0. The van der Waals surface area contributed by atoms with Gasteiger partial charge < -0.3 is 9.47 Å². The van der Waals surface area contributed by atoms with Crippen LogP contribution in [-0.4, -0.2) is 40.2 Å². The first-order valence-corrected chi connectivity index (χ1v) is 8.68. The van der Waals surface area contributed by atoms with Crippen LogP contribution in [0.4, 0.5) is 0 Å². The molecule has 0 heterocycles. The fourth-order valence-electron chi connectivity index (χ4n) is 2.93. The minimum absolute atomic E-state index is 0.133. The van der Waals surface area contributed by atoms with Crippen LogP contribution >= 0.6 is 0 Å². The van der Waals surface area contributed by atoms with E-state index in [4.69, 9.17) is 9.47 Å². The van der Waals surface area contributed by atoms with Crippen molar-refractivity contribution in [1.82, 2.24) is 0 Å². The average molecular weight is 309 g/mol. The van der Waals surface area contributed by atoms with Gasteiger partial charge in [-0.15, -0.1) is 0 Å². The maximum atomic E-state index is 12.0. The monoisotopic (exact) mass is 309 g/mol. The van der Waals surface area contributed by atoms with Gasteiger partial charge in [-0.1, -0.05) is 12.1 Å². The van der Waals surface area contributed by atoms with E-state index >= 15 is 0 Å². The topological polar surface area (TPSA) is 76.4 Å². The van der Waals surface area contributed by atoms with Gasteiger partial charge >= 0.3 is 0 Å². The van der Waals surface area contributed by atoms with E-state index < -0.39 is 20.5 Å². The minimum atomic E-state index is -3.33. The predicted molar refractivity (Wildman–Crippen MR) is 78.9 cm³/mol. The summed E-state index contributed by atoms with van der Waals surface area (Å²) in [6.07, 6.45) is 1.18. The fraction of sp³-hybridized carbons (Fsp3) is 0.533. The van der Waals surface area contributed by atoms with Gasteiger partial charge in [0.15, 0.2) is 9.84 Å². The SMILES string of the molecule is CCOC[C@]1(C#N)[C@@H](c2ccc(OC)cc2)[C@@H]1S(C)(=O)=O. The maximum Gasteiger partial charge on any atom is 0.152 e. The number of nitrogens with zero attached hydrogens (tertiary/aromatic N) is 1. The first-order valence-electron chi connectivity index (χ1n) is 6.72. The molecule has 0 unspecified atom stereocenters. The van der Waals surface area contributed by atoms with E-state index in [1.165, 1.54) is 6.26 Å². The zero-order chi connectivity index (χ0) is 15.7. The highest BCUT2D eigenvalue weighted by atomic mass is 32.2. The Morgan fingerprint density at radius 3 is 2.38 bits per heavy atom. The summed E-state index contributed by atoms with van der Waals surface area (Å²) in [5.41, 5.74) is -0.162. The molecule has 0 saturated heterocycles. The Morgan fingerprint density at radius 2 is 1.95 bits per heavy atom. The molecule has 0 amide bonds. The number of nitriles is 1. The molecule has 1 aliphatic rings. The average Bonchev–Trinajstić information content (AvgIpc) is 3.15. The molecular weight excluding hydrogens is 290 g/mol. The maximum absolute atomic E-state index is 12.0. The summed E-state index contributed by atoms with van der Waals surface area (Å²) in [4.78, 5) is 0. The van der Waals surface area contributed by atoms with E-state index in [0.29, 0.717) is 12.4 Å². The number of benzene rings is 1. The molecule has 1 saturated carbocycles. The Bertz CT molecular complexity index is 647. The fourth-order valence-corrected chi connectivity index (χ4v) is 4.77.